The maximum absolute atomic E-state index is 11.5. The number of hydrogen-bond acceptors (Lipinski definition) is 3. The van der Waals surface area contributed by atoms with Gasteiger partial charge in [-0.15, -0.1) is 0 Å². The Bertz CT molecular complexity index is 453. The van der Waals surface area contributed by atoms with Crippen LogP contribution in [0.1, 0.15) is 5.56 Å². The minimum absolute atomic E-state index is 0.117. The quantitative estimate of drug-likeness (QED) is 0.809. The summed E-state index contributed by atoms with van der Waals surface area (Å²) in [4.78, 5) is 10.5. The normalized spacial score (nSPS) is 11.3. The van der Waals surface area contributed by atoms with Gasteiger partial charge in [0.2, 0.25) is 15.3 Å². The first-order valence-electron chi connectivity index (χ1n) is 4.16. The largest absolute Gasteiger partial charge is 0.280 e. The molecule has 0 saturated carbocycles. The Labute approximate surface area is 93.3 Å². The number of aryl methyl sites for hydroxylation is 1. The van der Waals surface area contributed by atoms with Crippen molar-refractivity contribution in [2.24, 2.45) is 0 Å². The molecular formula is C9H10ClNO3S. The lowest BCUT2D eigenvalue weighted by molar-refractivity contribution is -0.110. The molecule has 0 aromatic heterocycles. The molecule has 0 aliphatic carbocycles. The highest BCUT2D eigenvalue weighted by atomic mass is 35.5. The zero-order chi connectivity index (χ0) is 11.5. The van der Waals surface area contributed by atoms with Crippen LogP contribution in [0.15, 0.2) is 29.2 Å². The van der Waals surface area contributed by atoms with E-state index in [2.05, 4.69) is 4.72 Å². The predicted molar refractivity (Wildman–Crippen MR) is 57.2 cm³/mol. The summed E-state index contributed by atoms with van der Waals surface area (Å²) in [6, 6.07) is 6.29. The van der Waals surface area contributed by atoms with E-state index in [0.29, 0.717) is 0 Å². The fourth-order valence-electron chi connectivity index (χ4n) is 0.953. The lowest BCUT2D eigenvalue weighted by atomic mass is 10.2. The second-order valence-corrected chi connectivity index (χ2v) is 5.18. The summed E-state index contributed by atoms with van der Waals surface area (Å²) in [5.74, 6) is 0. The molecule has 0 heterocycles. The molecule has 0 saturated heterocycles. The van der Waals surface area contributed by atoms with Crippen LogP contribution in [0.5, 0.6) is 0 Å². The molecule has 1 N–H and O–H groups in total. The first kappa shape index (κ1) is 12.2. The van der Waals surface area contributed by atoms with E-state index in [9.17, 15) is 13.2 Å². The number of benzene rings is 1. The van der Waals surface area contributed by atoms with Crippen LogP contribution in [0.4, 0.5) is 0 Å². The third kappa shape index (κ3) is 3.62. The summed E-state index contributed by atoms with van der Waals surface area (Å²) in [6.45, 7) is 1.45. The Kier molecular flexibility index (Phi) is 3.84. The molecule has 0 aliphatic heterocycles. The van der Waals surface area contributed by atoms with Crippen molar-refractivity contribution in [1.82, 2.24) is 4.72 Å². The predicted octanol–water partition coefficient (Wildman–Crippen LogP) is 1.04. The molecule has 15 heavy (non-hydrogen) atoms. The third-order valence-electron chi connectivity index (χ3n) is 1.73. The monoisotopic (exact) mass is 247 g/mol. The summed E-state index contributed by atoms with van der Waals surface area (Å²) < 4.78 is 25.1. The van der Waals surface area contributed by atoms with Crippen molar-refractivity contribution in [3.05, 3.63) is 29.8 Å². The summed E-state index contributed by atoms with van der Waals surface area (Å²) in [5, 5.41) is -0.745. The van der Waals surface area contributed by atoms with Crippen LogP contribution in [0.3, 0.4) is 0 Å². The maximum Gasteiger partial charge on any atom is 0.241 e. The molecule has 0 unspecified atom stereocenters. The van der Waals surface area contributed by atoms with Gasteiger partial charge in [0.05, 0.1) is 11.4 Å². The summed E-state index contributed by atoms with van der Waals surface area (Å²) in [7, 11) is -3.63. The van der Waals surface area contributed by atoms with Crippen molar-refractivity contribution in [2.45, 2.75) is 11.8 Å². The van der Waals surface area contributed by atoms with E-state index in [-0.39, 0.29) is 4.90 Å². The first-order chi connectivity index (χ1) is 6.92. The molecule has 6 heteroatoms. The Balaban J connectivity index is 2.87. The summed E-state index contributed by atoms with van der Waals surface area (Å²) >= 11 is 5.03. The Morgan fingerprint density at radius 2 is 1.87 bits per heavy atom. The lowest BCUT2D eigenvalue weighted by Crippen LogP contribution is -2.27. The van der Waals surface area contributed by atoms with Gasteiger partial charge in [-0.2, -0.15) is 0 Å². The molecule has 0 atom stereocenters. The molecule has 0 radical (unpaired) electrons. The molecule has 1 aromatic rings. The average molecular weight is 248 g/mol. The van der Waals surface area contributed by atoms with Gasteiger partial charge in [-0.1, -0.05) is 17.7 Å². The smallest absolute Gasteiger partial charge is 0.241 e. The average Bonchev–Trinajstić information content (AvgIpc) is 2.16. The summed E-state index contributed by atoms with van der Waals surface area (Å²) in [5.41, 5.74) is 0.961. The van der Waals surface area contributed by atoms with Crippen molar-refractivity contribution in [1.29, 1.82) is 0 Å². The number of halogens is 1. The van der Waals surface area contributed by atoms with Crippen molar-refractivity contribution >= 4 is 26.9 Å². The molecule has 4 nitrogen and oxygen atoms in total. The number of rotatable bonds is 4. The van der Waals surface area contributed by atoms with Gasteiger partial charge in [-0.25, -0.2) is 13.1 Å². The molecule has 0 fully saturated rings. The van der Waals surface area contributed by atoms with Gasteiger partial charge in [0.25, 0.3) is 0 Å². The van der Waals surface area contributed by atoms with Crippen molar-refractivity contribution in [3.63, 3.8) is 0 Å². The molecule has 0 bridgehead atoms. The fraction of sp³-hybridized carbons (Fsp3) is 0.222. The van der Waals surface area contributed by atoms with Gasteiger partial charge < -0.3 is 0 Å². The topological polar surface area (TPSA) is 63.2 Å². The van der Waals surface area contributed by atoms with Crippen molar-refractivity contribution in [3.8, 4) is 0 Å². The molecular weight excluding hydrogens is 238 g/mol. The number of hydrogen-bond donors (Lipinski definition) is 1. The highest BCUT2D eigenvalue weighted by Gasteiger charge is 2.13. The highest BCUT2D eigenvalue weighted by Crippen LogP contribution is 2.09. The highest BCUT2D eigenvalue weighted by molar-refractivity contribution is 7.89. The second kappa shape index (κ2) is 4.74. The van der Waals surface area contributed by atoms with Crippen LogP contribution < -0.4 is 4.72 Å². The van der Waals surface area contributed by atoms with Crippen LogP contribution in [0, 0.1) is 6.92 Å². The summed E-state index contributed by atoms with van der Waals surface area (Å²) in [6.07, 6.45) is 0. The van der Waals surface area contributed by atoms with Gasteiger partial charge >= 0.3 is 0 Å². The SMILES string of the molecule is Cc1ccc(S(=O)(=O)NCC(=O)Cl)cc1. The molecule has 1 rings (SSSR count). The van der Waals surface area contributed by atoms with Crippen LogP contribution >= 0.6 is 11.6 Å². The van der Waals surface area contributed by atoms with Gasteiger partial charge in [-0.05, 0) is 30.7 Å². The van der Waals surface area contributed by atoms with Gasteiger partial charge in [0.1, 0.15) is 0 Å². The third-order valence-corrected chi connectivity index (χ3v) is 3.28. The minimum atomic E-state index is -3.63. The molecule has 0 aliphatic rings. The van der Waals surface area contributed by atoms with Gasteiger partial charge in [0, 0.05) is 0 Å². The van der Waals surface area contributed by atoms with Gasteiger partial charge in [-0.3, -0.25) is 4.79 Å². The van der Waals surface area contributed by atoms with E-state index in [0.717, 1.165) is 5.56 Å². The Hall–Kier alpha value is -0.910. The number of sulfonamides is 1. The van der Waals surface area contributed by atoms with E-state index >= 15 is 0 Å². The minimum Gasteiger partial charge on any atom is -0.280 e. The van der Waals surface area contributed by atoms with E-state index < -0.39 is 21.8 Å². The Morgan fingerprint density at radius 1 is 1.33 bits per heavy atom. The van der Waals surface area contributed by atoms with Crippen LogP contribution in [-0.2, 0) is 14.8 Å². The van der Waals surface area contributed by atoms with E-state index in [1.165, 1.54) is 12.1 Å². The molecule has 1 aromatic carbocycles. The Morgan fingerprint density at radius 3 is 2.33 bits per heavy atom. The number of carbonyl (C=O) groups excluding carboxylic acids is 1. The van der Waals surface area contributed by atoms with Crippen LogP contribution in [0.25, 0.3) is 0 Å². The first-order valence-corrected chi connectivity index (χ1v) is 6.02. The van der Waals surface area contributed by atoms with E-state index in [1.54, 1.807) is 12.1 Å². The number of nitrogens with one attached hydrogen (secondary N) is 1. The molecule has 0 spiro atoms. The van der Waals surface area contributed by atoms with Crippen LogP contribution in [-0.4, -0.2) is 20.2 Å². The van der Waals surface area contributed by atoms with Crippen molar-refractivity contribution < 1.29 is 13.2 Å². The second-order valence-electron chi connectivity index (χ2n) is 2.99. The maximum atomic E-state index is 11.5. The van der Waals surface area contributed by atoms with Crippen LogP contribution in [0.2, 0.25) is 0 Å². The molecule has 82 valence electrons. The number of carbonyl (C=O) groups is 1. The standard InChI is InChI=1S/C9H10ClNO3S/c1-7-2-4-8(5-3-7)15(13,14)11-6-9(10)12/h2-5,11H,6H2,1H3. The zero-order valence-corrected chi connectivity index (χ0v) is 9.60. The zero-order valence-electron chi connectivity index (χ0n) is 8.03. The van der Waals surface area contributed by atoms with E-state index in [4.69, 9.17) is 11.6 Å². The fourth-order valence-corrected chi connectivity index (χ4v) is 2.08. The lowest BCUT2D eigenvalue weighted by Gasteiger charge is -2.04. The molecule has 0 amide bonds. The van der Waals surface area contributed by atoms with E-state index in [1.807, 2.05) is 6.92 Å². The van der Waals surface area contributed by atoms with Crippen molar-refractivity contribution in [2.75, 3.05) is 6.54 Å². The van der Waals surface area contributed by atoms with Gasteiger partial charge in [0.15, 0.2) is 0 Å².